The summed E-state index contributed by atoms with van der Waals surface area (Å²) in [4.78, 5) is 12.6. The van der Waals surface area contributed by atoms with Gasteiger partial charge in [0.05, 0.1) is 5.56 Å². The lowest BCUT2D eigenvalue weighted by atomic mass is 9.98. The van der Waals surface area contributed by atoms with Gasteiger partial charge in [0.2, 0.25) is 0 Å². The van der Waals surface area contributed by atoms with Gasteiger partial charge in [0, 0.05) is 11.3 Å². The normalized spacial score (nSPS) is 15.7. The Hall–Kier alpha value is -3.27. The summed E-state index contributed by atoms with van der Waals surface area (Å²) in [5, 5.41) is 8.63. The molecule has 26 heavy (non-hydrogen) atoms. The van der Waals surface area contributed by atoms with Crippen molar-refractivity contribution in [2.75, 3.05) is 11.9 Å². The van der Waals surface area contributed by atoms with Crippen molar-refractivity contribution in [3.8, 4) is 5.75 Å². The topological polar surface area (TPSA) is 50.4 Å². The second-order valence-corrected chi connectivity index (χ2v) is 6.54. The average Bonchev–Trinajstić information content (AvgIpc) is 2.65. The van der Waals surface area contributed by atoms with Crippen LogP contribution in [0.2, 0.25) is 0 Å². The predicted octanol–water partition coefficient (Wildman–Crippen LogP) is 4.65. The largest absolute Gasteiger partial charge is 0.489 e. The van der Waals surface area contributed by atoms with Gasteiger partial charge in [0.1, 0.15) is 18.5 Å². The molecule has 3 aromatic rings. The average molecular weight is 344 g/mol. The van der Waals surface area contributed by atoms with Crippen molar-refractivity contribution < 1.29 is 9.53 Å². The van der Waals surface area contributed by atoms with Crippen molar-refractivity contribution >= 4 is 22.4 Å². The molecular weight excluding hydrogens is 324 g/mol. The molecule has 4 rings (SSSR count). The molecule has 130 valence electrons. The van der Waals surface area contributed by atoms with Gasteiger partial charge < -0.3 is 15.4 Å². The number of carbonyl (C=O) groups excluding carboxylic acids is 1. The molecule has 0 spiro atoms. The molecule has 0 aliphatic carbocycles. The minimum atomic E-state index is -0.372. The Balaban J connectivity index is 1.83. The van der Waals surface area contributed by atoms with Crippen LogP contribution in [0.1, 0.15) is 29.0 Å². The number of hydrogen-bond acceptors (Lipinski definition) is 3. The van der Waals surface area contributed by atoms with E-state index in [2.05, 4.69) is 23.3 Å². The molecule has 3 aromatic carbocycles. The van der Waals surface area contributed by atoms with E-state index in [1.165, 1.54) is 0 Å². The standard InChI is InChI=1S/C22H20N2O2/c1-14(2)13-26-19-12-11-15-7-3-4-8-16(15)20(19)21-23-18-10-6-5-9-17(18)22(25)24-21/h3-12,21,23H,1,13H2,2H3,(H,24,25). The Morgan fingerprint density at radius 2 is 1.81 bits per heavy atom. The molecule has 1 unspecified atom stereocenters. The Bertz CT molecular complexity index is 1010. The van der Waals surface area contributed by atoms with Crippen LogP contribution in [0.4, 0.5) is 5.69 Å². The van der Waals surface area contributed by atoms with E-state index in [1.807, 2.05) is 61.5 Å². The number of hydrogen-bond donors (Lipinski definition) is 2. The van der Waals surface area contributed by atoms with Gasteiger partial charge in [-0.1, -0.05) is 49.0 Å². The minimum Gasteiger partial charge on any atom is -0.489 e. The number of anilines is 1. The molecule has 0 aromatic heterocycles. The van der Waals surface area contributed by atoms with Crippen LogP contribution < -0.4 is 15.4 Å². The predicted molar refractivity (Wildman–Crippen MR) is 105 cm³/mol. The van der Waals surface area contributed by atoms with Crippen LogP contribution in [-0.4, -0.2) is 12.5 Å². The van der Waals surface area contributed by atoms with Crippen LogP contribution in [0.3, 0.4) is 0 Å². The lowest BCUT2D eigenvalue weighted by molar-refractivity contribution is 0.0935. The smallest absolute Gasteiger partial charge is 0.255 e. The van der Waals surface area contributed by atoms with Gasteiger partial charge in [-0.15, -0.1) is 0 Å². The molecule has 1 heterocycles. The first-order chi connectivity index (χ1) is 12.6. The van der Waals surface area contributed by atoms with Gasteiger partial charge in [-0.05, 0) is 41.5 Å². The summed E-state index contributed by atoms with van der Waals surface area (Å²) >= 11 is 0. The summed E-state index contributed by atoms with van der Waals surface area (Å²) in [5.74, 6) is 0.645. The number of nitrogens with one attached hydrogen (secondary N) is 2. The van der Waals surface area contributed by atoms with E-state index < -0.39 is 0 Å². The molecule has 1 aliphatic heterocycles. The number of fused-ring (bicyclic) bond motifs is 2. The van der Waals surface area contributed by atoms with Gasteiger partial charge in [0.25, 0.3) is 5.91 Å². The molecular formula is C22H20N2O2. The van der Waals surface area contributed by atoms with Crippen molar-refractivity contribution in [1.82, 2.24) is 5.32 Å². The van der Waals surface area contributed by atoms with Crippen LogP contribution >= 0.6 is 0 Å². The molecule has 1 aliphatic rings. The Morgan fingerprint density at radius 3 is 2.65 bits per heavy atom. The summed E-state index contributed by atoms with van der Waals surface area (Å²) in [6.07, 6.45) is -0.372. The van der Waals surface area contributed by atoms with Crippen molar-refractivity contribution in [1.29, 1.82) is 0 Å². The number of para-hydroxylation sites is 1. The number of amides is 1. The molecule has 2 N–H and O–H groups in total. The highest BCUT2D eigenvalue weighted by Gasteiger charge is 2.27. The van der Waals surface area contributed by atoms with Crippen molar-refractivity contribution in [2.45, 2.75) is 13.1 Å². The SMILES string of the molecule is C=C(C)COc1ccc2ccccc2c1C1NC(=O)c2ccccc2N1. The van der Waals surface area contributed by atoms with Crippen molar-refractivity contribution in [3.63, 3.8) is 0 Å². The van der Waals surface area contributed by atoms with Gasteiger partial charge in [0.15, 0.2) is 0 Å². The molecule has 0 saturated heterocycles. The van der Waals surface area contributed by atoms with Crippen molar-refractivity contribution in [2.24, 2.45) is 0 Å². The molecule has 4 nitrogen and oxygen atoms in total. The lowest BCUT2D eigenvalue weighted by Gasteiger charge is -2.30. The highest BCUT2D eigenvalue weighted by atomic mass is 16.5. The highest BCUT2D eigenvalue weighted by Crippen LogP contribution is 2.36. The monoisotopic (exact) mass is 344 g/mol. The molecule has 1 amide bonds. The van der Waals surface area contributed by atoms with Crippen LogP contribution in [0.15, 0.2) is 72.8 Å². The van der Waals surface area contributed by atoms with E-state index >= 15 is 0 Å². The van der Waals surface area contributed by atoms with Gasteiger partial charge >= 0.3 is 0 Å². The second-order valence-electron chi connectivity index (χ2n) is 6.54. The maximum atomic E-state index is 12.6. The highest BCUT2D eigenvalue weighted by molar-refractivity contribution is 6.02. The zero-order valence-electron chi connectivity index (χ0n) is 14.6. The van der Waals surface area contributed by atoms with Gasteiger partial charge in [-0.2, -0.15) is 0 Å². The fourth-order valence-corrected chi connectivity index (χ4v) is 3.25. The minimum absolute atomic E-state index is 0.0943. The molecule has 4 heteroatoms. The quantitative estimate of drug-likeness (QED) is 0.678. The fraction of sp³-hybridized carbons (Fsp3) is 0.136. The molecule has 1 atom stereocenters. The zero-order chi connectivity index (χ0) is 18.1. The first-order valence-electron chi connectivity index (χ1n) is 8.59. The number of rotatable bonds is 4. The molecule has 0 radical (unpaired) electrons. The van der Waals surface area contributed by atoms with E-state index in [9.17, 15) is 4.79 Å². The molecule has 0 fully saturated rings. The maximum absolute atomic E-state index is 12.6. The maximum Gasteiger partial charge on any atom is 0.255 e. The Kier molecular flexibility index (Phi) is 4.09. The van der Waals surface area contributed by atoms with Gasteiger partial charge in [-0.25, -0.2) is 0 Å². The van der Waals surface area contributed by atoms with Crippen LogP contribution in [0.5, 0.6) is 5.75 Å². The summed E-state index contributed by atoms with van der Waals surface area (Å²) in [6.45, 7) is 6.27. The number of benzene rings is 3. The third-order valence-electron chi connectivity index (χ3n) is 4.44. The summed E-state index contributed by atoms with van der Waals surface area (Å²) in [6, 6.07) is 19.6. The summed E-state index contributed by atoms with van der Waals surface area (Å²) < 4.78 is 5.99. The van der Waals surface area contributed by atoms with Crippen LogP contribution in [0.25, 0.3) is 10.8 Å². The van der Waals surface area contributed by atoms with Gasteiger partial charge in [-0.3, -0.25) is 4.79 Å². The van der Waals surface area contributed by atoms with E-state index in [0.29, 0.717) is 12.2 Å². The summed E-state index contributed by atoms with van der Waals surface area (Å²) in [5.41, 5.74) is 3.33. The van der Waals surface area contributed by atoms with E-state index in [1.54, 1.807) is 0 Å². The Labute approximate surface area is 152 Å². The fourth-order valence-electron chi connectivity index (χ4n) is 3.25. The summed E-state index contributed by atoms with van der Waals surface area (Å²) in [7, 11) is 0. The number of carbonyl (C=O) groups is 1. The van der Waals surface area contributed by atoms with Crippen LogP contribution in [0, 0.1) is 0 Å². The number of ether oxygens (including phenoxy) is 1. The van der Waals surface area contributed by atoms with E-state index in [0.717, 1.165) is 33.3 Å². The molecule has 0 bridgehead atoms. The van der Waals surface area contributed by atoms with E-state index in [4.69, 9.17) is 4.74 Å². The Morgan fingerprint density at radius 1 is 1.04 bits per heavy atom. The van der Waals surface area contributed by atoms with Crippen LogP contribution in [-0.2, 0) is 0 Å². The third-order valence-corrected chi connectivity index (χ3v) is 4.44. The first-order valence-corrected chi connectivity index (χ1v) is 8.59. The first kappa shape index (κ1) is 16.2. The van der Waals surface area contributed by atoms with E-state index in [-0.39, 0.29) is 12.1 Å². The lowest BCUT2D eigenvalue weighted by Crippen LogP contribution is -2.38. The second kappa shape index (κ2) is 6.56. The van der Waals surface area contributed by atoms with Crippen molar-refractivity contribution in [3.05, 3.63) is 83.9 Å². The third kappa shape index (κ3) is 2.90. The zero-order valence-corrected chi connectivity index (χ0v) is 14.6. The molecule has 0 saturated carbocycles.